The number of nitrogens with two attached hydrogens (primary N) is 1. The Morgan fingerprint density at radius 3 is 1.33 bits per heavy atom. The summed E-state index contributed by atoms with van der Waals surface area (Å²) in [5, 5.41) is 7.19. The molecule has 2 aromatic rings. The molecule has 0 heterocycles. The number of carbonyl (C=O) groups is 3. The number of amides is 1. The number of carboxylic acid groups (broad SMARTS) is 1. The summed E-state index contributed by atoms with van der Waals surface area (Å²) < 4.78 is 4.74. The lowest BCUT2D eigenvalue weighted by Crippen LogP contribution is -2.12. The van der Waals surface area contributed by atoms with Crippen LogP contribution in [0.4, 0.5) is 4.79 Å². The highest BCUT2D eigenvalue weighted by Gasteiger charge is 2.13. The maximum absolute atomic E-state index is 11.6. The summed E-state index contributed by atoms with van der Waals surface area (Å²) in [4.78, 5) is 31.9. The van der Waals surface area contributed by atoms with Gasteiger partial charge in [0.25, 0.3) is 0 Å². The Bertz CT molecular complexity index is 557. The molecule has 6 nitrogen and oxygen atoms in total. The minimum atomic E-state index is -1.33. The molecule has 108 valence electrons. The lowest BCUT2D eigenvalue weighted by atomic mass is 10.2. The van der Waals surface area contributed by atoms with Crippen LogP contribution in [0.3, 0.4) is 0 Å². The maximum Gasteiger partial charge on any atom is 0.402 e. The zero-order chi connectivity index (χ0) is 15.7. The molecule has 0 atom stereocenters. The van der Waals surface area contributed by atoms with Gasteiger partial charge in [-0.3, -0.25) is 0 Å². The van der Waals surface area contributed by atoms with Crippen molar-refractivity contribution in [1.29, 1.82) is 0 Å². The molecule has 0 unspecified atom stereocenters. The molecule has 0 spiro atoms. The number of rotatable bonds is 2. The highest BCUT2D eigenvalue weighted by atomic mass is 16.6. The van der Waals surface area contributed by atoms with Crippen molar-refractivity contribution in [2.24, 2.45) is 5.73 Å². The molecule has 2 aromatic carbocycles. The van der Waals surface area contributed by atoms with Gasteiger partial charge in [0.2, 0.25) is 0 Å². The SMILES string of the molecule is NC(=O)O.O=C(OC(=O)c1ccccc1)c1ccccc1. The van der Waals surface area contributed by atoms with Gasteiger partial charge in [0.1, 0.15) is 0 Å². The molecule has 0 saturated heterocycles. The average Bonchev–Trinajstić information content (AvgIpc) is 2.48. The number of primary amides is 1. The molecule has 0 aliphatic carbocycles. The summed E-state index contributed by atoms with van der Waals surface area (Å²) in [6.45, 7) is 0. The number of carbonyl (C=O) groups excluding carboxylic acids is 2. The molecule has 0 aromatic heterocycles. The van der Waals surface area contributed by atoms with Crippen molar-refractivity contribution in [2.75, 3.05) is 0 Å². The Hall–Kier alpha value is -3.15. The molecule has 0 radical (unpaired) electrons. The van der Waals surface area contributed by atoms with E-state index >= 15 is 0 Å². The van der Waals surface area contributed by atoms with E-state index in [1.165, 1.54) is 0 Å². The van der Waals surface area contributed by atoms with E-state index in [4.69, 9.17) is 14.6 Å². The highest BCUT2D eigenvalue weighted by Crippen LogP contribution is 2.05. The summed E-state index contributed by atoms with van der Waals surface area (Å²) in [7, 11) is 0. The topological polar surface area (TPSA) is 107 Å². The first-order valence-electron chi connectivity index (χ1n) is 5.85. The van der Waals surface area contributed by atoms with Crippen LogP contribution in [0.25, 0.3) is 0 Å². The third-order valence-electron chi connectivity index (χ3n) is 2.20. The lowest BCUT2D eigenvalue weighted by Gasteiger charge is -2.02. The smallest absolute Gasteiger partial charge is 0.402 e. The Kier molecular flexibility index (Phi) is 6.14. The average molecular weight is 287 g/mol. The van der Waals surface area contributed by atoms with Crippen LogP contribution in [0.2, 0.25) is 0 Å². The monoisotopic (exact) mass is 287 g/mol. The molecule has 1 amide bonds. The van der Waals surface area contributed by atoms with Gasteiger partial charge in [-0.2, -0.15) is 0 Å². The van der Waals surface area contributed by atoms with Crippen LogP contribution < -0.4 is 5.73 Å². The first-order valence-corrected chi connectivity index (χ1v) is 5.85. The third kappa shape index (κ3) is 6.02. The number of hydrogen-bond donors (Lipinski definition) is 2. The minimum Gasteiger partial charge on any atom is -0.465 e. The van der Waals surface area contributed by atoms with Gasteiger partial charge in [0.05, 0.1) is 11.1 Å². The predicted octanol–water partition coefficient (Wildman–Crippen LogP) is 2.31. The van der Waals surface area contributed by atoms with E-state index in [1.807, 2.05) is 0 Å². The fourth-order valence-electron chi connectivity index (χ4n) is 1.35. The van der Waals surface area contributed by atoms with E-state index in [0.717, 1.165) is 0 Å². The largest absolute Gasteiger partial charge is 0.465 e. The molecular weight excluding hydrogens is 274 g/mol. The van der Waals surface area contributed by atoms with E-state index < -0.39 is 18.0 Å². The van der Waals surface area contributed by atoms with Crippen molar-refractivity contribution in [1.82, 2.24) is 0 Å². The highest BCUT2D eigenvalue weighted by molar-refractivity contribution is 6.02. The maximum atomic E-state index is 11.6. The number of hydrogen-bond acceptors (Lipinski definition) is 4. The standard InChI is InChI=1S/C14H10O3.CH3NO2/c15-13(11-7-3-1-4-8-11)17-14(16)12-9-5-2-6-10-12;2-1(3)4/h1-10H;2H2,(H,3,4). The van der Waals surface area contributed by atoms with E-state index in [1.54, 1.807) is 60.7 Å². The second kappa shape index (κ2) is 8.11. The van der Waals surface area contributed by atoms with Crippen LogP contribution in [-0.2, 0) is 4.74 Å². The summed E-state index contributed by atoms with van der Waals surface area (Å²) >= 11 is 0. The molecule has 2 rings (SSSR count). The van der Waals surface area contributed by atoms with Crippen LogP contribution >= 0.6 is 0 Å². The Morgan fingerprint density at radius 2 is 1.05 bits per heavy atom. The molecule has 0 fully saturated rings. The van der Waals surface area contributed by atoms with Crippen molar-refractivity contribution in [2.45, 2.75) is 0 Å². The third-order valence-corrected chi connectivity index (χ3v) is 2.20. The van der Waals surface area contributed by atoms with Gasteiger partial charge in [0, 0.05) is 0 Å². The molecule has 0 bridgehead atoms. The summed E-state index contributed by atoms with van der Waals surface area (Å²) in [6, 6.07) is 16.8. The number of benzene rings is 2. The van der Waals surface area contributed by atoms with E-state index in [0.29, 0.717) is 11.1 Å². The Balaban J connectivity index is 0.000000491. The number of esters is 2. The number of ether oxygens (including phenoxy) is 1. The minimum absolute atomic E-state index is 0.358. The van der Waals surface area contributed by atoms with E-state index in [-0.39, 0.29) is 0 Å². The van der Waals surface area contributed by atoms with Crippen LogP contribution in [0.15, 0.2) is 60.7 Å². The van der Waals surface area contributed by atoms with Crippen LogP contribution in [0.5, 0.6) is 0 Å². The fraction of sp³-hybridized carbons (Fsp3) is 0. The molecule has 0 aliphatic rings. The van der Waals surface area contributed by atoms with Gasteiger partial charge in [-0.1, -0.05) is 36.4 Å². The normalized spacial score (nSPS) is 8.95. The summed E-state index contributed by atoms with van der Waals surface area (Å²) in [5.74, 6) is -1.28. The first kappa shape index (κ1) is 15.9. The van der Waals surface area contributed by atoms with E-state index in [2.05, 4.69) is 5.73 Å². The predicted molar refractivity (Wildman–Crippen MR) is 74.8 cm³/mol. The van der Waals surface area contributed by atoms with Gasteiger partial charge in [-0.15, -0.1) is 0 Å². The molecule has 6 heteroatoms. The Morgan fingerprint density at radius 1 is 0.762 bits per heavy atom. The van der Waals surface area contributed by atoms with Crippen molar-refractivity contribution in [3.05, 3.63) is 71.8 Å². The molecule has 3 N–H and O–H groups in total. The van der Waals surface area contributed by atoms with Crippen LogP contribution in [-0.4, -0.2) is 23.1 Å². The van der Waals surface area contributed by atoms with Crippen molar-refractivity contribution in [3.8, 4) is 0 Å². The zero-order valence-electron chi connectivity index (χ0n) is 10.9. The van der Waals surface area contributed by atoms with Gasteiger partial charge in [-0.25, -0.2) is 14.4 Å². The zero-order valence-corrected chi connectivity index (χ0v) is 10.9. The van der Waals surface area contributed by atoms with Gasteiger partial charge < -0.3 is 15.6 Å². The van der Waals surface area contributed by atoms with Crippen molar-refractivity contribution < 1.29 is 24.2 Å². The fourth-order valence-corrected chi connectivity index (χ4v) is 1.35. The van der Waals surface area contributed by atoms with E-state index in [9.17, 15) is 9.59 Å². The molecule has 0 aliphatic heterocycles. The molecule has 0 saturated carbocycles. The second-order valence-electron chi connectivity index (χ2n) is 3.75. The summed E-state index contributed by atoms with van der Waals surface area (Å²) in [5.41, 5.74) is 4.74. The quantitative estimate of drug-likeness (QED) is 0.651. The van der Waals surface area contributed by atoms with Gasteiger partial charge >= 0.3 is 18.0 Å². The van der Waals surface area contributed by atoms with Crippen molar-refractivity contribution >= 4 is 18.0 Å². The first-order chi connectivity index (χ1) is 10.0. The Labute approximate surface area is 120 Å². The van der Waals surface area contributed by atoms with Gasteiger partial charge in [0.15, 0.2) is 0 Å². The summed E-state index contributed by atoms with van der Waals surface area (Å²) in [6.07, 6.45) is -1.33. The van der Waals surface area contributed by atoms with Crippen LogP contribution in [0.1, 0.15) is 20.7 Å². The van der Waals surface area contributed by atoms with Crippen molar-refractivity contribution in [3.63, 3.8) is 0 Å². The molecular formula is C15H13NO5. The molecule has 21 heavy (non-hydrogen) atoms. The lowest BCUT2D eigenvalue weighted by molar-refractivity contribution is 0.0397. The van der Waals surface area contributed by atoms with Gasteiger partial charge in [-0.05, 0) is 24.3 Å². The van der Waals surface area contributed by atoms with Crippen LogP contribution in [0, 0.1) is 0 Å². The second-order valence-corrected chi connectivity index (χ2v) is 3.75.